The maximum atomic E-state index is 9.93. The van der Waals surface area contributed by atoms with E-state index in [-0.39, 0.29) is 17.2 Å². The van der Waals surface area contributed by atoms with Crippen LogP contribution in [0.3, 0.4) is 0 Å². The molecule has 0 spiro atoms. The summed E-state index contributed by atoms with van der Waals surface area (Å²) in [7, 11) is 0. The van der Waals surface area contributed by atoms with Gasteiger partial charge in [-0.05, 0) is 26.0 Å². The molecule has 0 bridgehead atoms. The number of aromatic hydroxyl groups is 2. The van der Waals surface area contributed by atoms with Gasteiger partial charge in [-0.2, -0.15) is 0 Å². The van der Waals surface area contributed by atoms with Gasteiger partial charge in [0.1, 0.15) is 11.5 Å². The Morgan fingerprint density at radius 1 is 1.00 bits per heavy atom. The van der Waals surface area contributed by atoms with E-state index in [1.807, 2.05) is 0 Å². The number of aryl methyl sites for hydroxylation is 2. The van der Waals surface area contributed by atoms with Crippen LogP contribution < -0.4 is 5.32 Å². The Bertz CT molecular complexity index is 536. The Morgan fingerprint density at radius 3 is 2.11 bits per heavy atom. The molecule has 0 saturated carbocycles. The van der Waals surface area contributed by atoms with E-state index in [1.54, 1.807) is 0 Å². The maximum absolute atomic E-state index is 9.93. The second kappa shape index (κ2) is 7.06. The molecule has 2 aromatic carbocycles. The number of amides is 1. The number of hydrogen-bond acceptors (Lipinski definition) is 3. The van der Waals surface area contributed by atoms with Crippen LogP contribution >= 0.6 is 0 Å². The molecule has 0 unspecified atom stereocenters. The lowest BCUT2D eigenvalue weighted by molar-refractivity contribution is -0.105. The zero-order valence-corrected chi connectivity index (χ0v) is 10.9. The highest BCUT2D eigenvalue weighted by Gasteiger charge is 1.99. The van der Waals surface area contributed by atoms with Crippen LogP contribution in [0.15, 0.2) is 42.5 Å². The number of hydrogen-bond donors (Lipinski definition) is 3. The molecule has 0 saturated heterocycles. The number of phenols is 2. The summed E-state index contributed by atoms with van der Waals surface area (Å²) in [5, 5.41) is 20.2. The summed E-state index contributed by atoms with van der Waals surface area (Å²) in [6.07, 6.45) is 0.425. The van der Waals surface area contributed by atoms with Gasteiger partial charge < -0.3 is 15.5 Å². The molecule has 0 aromatic heterocycles. The van der Waals surface area contributed by atoms with Crippen LogP contribution in [-0.4, -0.2) is 16.6 Å². The van der Waals surface area contributed by atoms with Gasteiger partial charge >= 0.3 is 0 Å². The zero-order chi connectivity index (χ0) is 14.3. The van der Waals surface area contributed by atoms with E-state index >= 15 is 0 Å². The SMILES string of the molecule is Cc1cccc(C)c1.O=CNc1cc(O)ccc1O. The molecule has 19 heavy (non-hydrogen) atoms. The molecule has 3 N–H and O–H groups in total. The molecule has 0 radical (unpaired) electrons. The predicted octanol–water partition coefficient (Wildman–Crippen LogP) is 2.97. The summed E-state index contributed by atoms with van der Waals surface area (Å²) in [5.41, 5.74) is 2.87. The fourth-order valence-corrected chi connectivity index (χ4v) is 1.51. The lowest BCUT2D eigenvalue weighted by Gasteiger charge is -2.01. The number of nitrogens with one attached hydrogen (secondary N) is 1. The van der Waals surface area contributed by atoms with Crippen LogP contribution in [-0.2, 0) is 4.79 Å². The van der Waals surface area contributed by atoms with E-state index in [0.717, 1.165) is 0 Å². The first kappa shape index (κ1) is 14.6. The average molecular weight is 259 g/mol. The van der Waals surface area contributed by atoms with E-state index in [1.165, 1.54) is 29.3 Å². The van der Waals surface area contributed by atoms with Crippen molar-refractivity contribution in [1.29, 1.82) is 0 Å². The first-order valence-corrected chi connectivity index (χ1v) is 5.78. The van der Waals surface area contributed by atoms with Crippen LogP contribution in [0.4, 0.5) is 5.69 Å². The molecule has 100 valence electrons. The third-order valence-electron chi connectivity index (χ3n) is 2.37. The molecular weight excluding hydrogens is 242 g/mol. The van der Waals surface area contributed by atoms with E-state index in [2.05, 4.69) is 43.4 Å². The van der Waals surface area contributed by atoms with Crippen molar-refractivity contribution in [3.05, 3.63) is 53.6 Å². The minimum absolute atomic E-state index is 0.00727. The Labute approximate surface area is 112 Å². The largest absolute Gasteiger partial charge is 0.508 e. The first-order valence-electron chi connectivity index (χ1n) is 5.78. The van der Waals surface area contributed by atoms with Crippen molar-refractivity contribution in [3.8, 4) is 11.5 Å². The lowest BCUT2D eigenvalue weighted by atomic mass is 10.2. The van der Waals surface area contributed by atoms with Gasteiger partial charge in [-0.1, -0.05) is 35.4 Å². The standard InChI is InChI=1S/C8H10.C7H7NO3/c1-7-4-3-5-8(2)6-7;9-4-8-6-3-5(10)1-2-7(6)11/h3-6H,1-2H3;1-4,10-11H,(H,8,9). The normalized spacial score (nSPS) is 9.16. The van der Waals surface area contributed by atoms with Gasteiger partial charge in [0.05, 0.1) is 5.69 Å². The zero-order valence-electron chi connectivity index (χ0n) is 10.9. The number of anilines is 1. The number of rotatable bonds is 2. The van der Waals surface area contributed by atoms with Crippen molar-refractivity contribution in [2.45, 2.75) is 13.8 Å². The first-order chi connectivity index (χ1) is 9.02. The van der Waals surface area contributed by atoms with Gasteiger partial charge in [-0.25, -0.2) is 0 Å². The average Bonchev–Trinajstić information content (AvgIpc) is 2.35. The third kappa shape index (κ3) is 5.12. The summed E-state index contributed by atoms with van der Waals surface area (Å²) in [6, 6.07) is 12.3. The summed E-state index contributed by atoms with van der Waals surface area (Å²) in [6.45, 7) is 4.21. The molecule has 1 amide bonds. The summed E-state index contributed by atoms with van der Waals surface area (Å²) >= 11 is 0. The van der Waals surface area contributed by atoms with Crippen molar-refractivity contribution in [3.63, 3.8) is 0 Å². The topological polar surface area (TPSA) is 69.6 Å². The molecule has 4 nitrogen and oxygen atoms in total. The quantitative estimate of drug-likeness (QED) is 0.441. The fourth-order valence-electron chi connectivity index (χ4n) is 1.51. The van der Waals surface area contributed by atoms with Crippen molar-refractivity contribution >= 4 is 12.1 Å². The lowest BCUT2D eigenvalue weighted by Crippen LogP contribution is -1.93. The van der Waals surface area contributed by atoms with Crippen molar-refractivity contribution in [2.75, 3.05) is 5.32 Å². The molecule has 0 aliphatic heterocycles. The molecule has 0 aliphatic rings. The van der Waals surface area contributed by atoms with Crippen molar-refractivity contribution in [2.24, 2.45) is 0 Å². The number of carbonyl (C=O) groups excluding carboxylic acids is 1. The van der Waals surface area contributed by atoms with E-state index in [9.17, 15) is 4.79 Å². The van der Waals surface area contributed by atoms with E-state index in [4.69, 9.17) is 10.2 Å². The van der Waals surface area contributed by atoms with Gasteiger partial charge in [0.25, 0.3) is 0 Å². The molecular formula is C15H17NO3. The molecule has 2 aromatic rings. The maximum Gasteiger partial charge on any atom is 0.211 e. The number of benzene rings is 2. The predicted molar refractivity (Wildman–Crippen MR) is 75.4 cm³/mol. The van der Waals surface area contributed by atoms with E-state index in [0.29, 0.717) is 6.41 Å². The van der Waals surface area contributed by atoms with Gasteiger partial charge in [-0.3, -0.25) is 4.79 Å². The highest BCUT2D eigenvalue weighted by Crippen LogP contribution is 2.26. The Hall–Kier alpha value is -2.49. The third-order valence-corrected chi connectivity index (χ3v) is 2.37. The molecule has 0 atom stereocenters. The second-order valence-electron chi connectivity index (χ2n) is 4.12. The monoisotopic (exact) mass is 259 g/mol. The highest BCUT2D eigenvalue weighted by atomic mass is 16.3. The van der Waals surface area contributed by atoms with Gasteiger partial charge in [0.2, 0.25) is 6.41 Å². The van der Waals surface area contributed by atoms with Crippen LogP contribution in [0.2, 0.25) is 0 Å². The van der Waals surface area contributed by atoms with Gasteiger partial charge in [0, 0.05) is 6.07 Å². The number of phenolic OH excluding ortho intramolecular Hbond substituents is 2. The molecule has 0 aliphatic carbocycles. The molecule has 4 heteroatoms. The van der Waals surface area contributed by atoms with Crippen LogP contribution in [0.5, 0.6) is 11.5 Å². The van der Waals surface area contributed by atoms with Crippen LogP contribution in [0.1, 0.15) is 11.1 Å². The van der Waals surface area contributed by atoms with Crippen LogP contribution in [0, 0.1) is 13.8 Å². The minimum Gasteiger partial charge on any atom is -0.508 e. The summed E-state index contributed by atoms with van der Waals surface area (Å²) < 4.78 is 0. The van der Waals surface area contributed by atoms with Crippen LogP contribution in [0.25, 0.3) is 0 Å². The Balaban J connectivity index is 0.000000200. The summed E-state index contributed by atoms with van der Waals surface area (Å²) in [5.74, 6) is -0.0814. The second-order valence-corrected chi connectivity index (χ2v) is 4.12. The minimum atomic E-state index is -0.0742. The Morgan fingerprint density at radius 2 is 1.63 bits per heavy atom. The van der Waals surface area contributed by atoms with Gasteiger partial charge in [0.15, 0.2) is 0 Å². The van der Waals surface area contributed by atoms with Crippen molar-refractivity contribution < 1.29 is 15.0 Å². The number of carbonyl (C=O) groups is 1. The summed E-state index contributed by atoms with van der Waals surface area (Å²) in [4.78, 5) is 9.93. The smallest absolute Gasteiger partial charge is 0.211 e. The molecule has 0 fully saturated rings. The molecule has 0 heterocycles. The highest BCUT2D eigenvalue weighted by molar-refractivity contribution is 5.75. The molecule has 2 rings (SSSR count). The van der Waals surface area contributed by atoms with Crippen molar-refractivity contribution in [1.82, 2.24) is 0 Å². The van der Waals surface area contributed by atoms with Gasteiger partial charge in [-0.15, -0.1) is 0 Å². The Kier molecular flexibility index (Phi) is 5.41. The van der Waals surface area contributed by atoms with E-state index < -0.39 is 0 Å². The fraction of sp³-hybridized carbons (Fsp3) is 0.133.